The Morgan fingerprint density at radius 2 is 1.58 bits per heavy atom. The zero-order valence-electron chi connectivity index (χ0n) is 15.1. The lowest BCUT2D eigenvalue weighted by molar-refractivity contribution is 0.0595. The number of ether oxygens (including phenoxy) is 1. The summed E-state index contributed by atoms with van der Waals surface area (Å²) in [5, 5.41) is 2.24. The molecule has 3 aromatic rings. The molecule has 0 saturated heterocycles. The number of methoxy groups -OCH3 is 1. The summed E-state index contributed by atoms with van der Waals surface area (Å²) in [6.45, 7) is 0. The molecule has 132 valence electrons. The number of hydrogen-bond donors (Lipinski definition) is 0. The summed E-state index contributed by atoms with van der Waals surface area (Å²) in [4.78, 5) is 17.5. The van der Waals surface area contributed by atoms with Crippen molar-refractivity contribution in [1.29, 1.82) is 0 Å². The molecule has 0 spiro atoms. The Balaban J connectivity index is 2.02. The van der Waals surface area contributed by atoms with Crippen LogP contribution in [0.2, 0.25) is 0 Å². The molecule has 0 atom stereocenters. The van der Waals surface area contributed by atoms with Crippen molar-refractivity contribution in [2.75, 3.05) is 7.11 Å². The first-order valence-electron chi connectivity index (χ1n) is 9.36. The minimum atomic E-state index is -0.369. The van der Waals surface area contributed by atoms with Gasteiger partial charge in [-0.15, -0.1) is 0 Å². The van der Waals surface area contributed by atoms with E-state index in [-0.39, 0.29) is 5.97 Å². The van der Waals surface area contributed by atoms with E-state index in [9.17, 15) is 4.79 Å². The maximum atomic E-state index is 12.6. The quantitative estimate of drug-likeness (QED) is 0.569. The van der Waals surface area contributed by atoms with Crippen LogP contribution in [0.4, 0.5) is 0 Å². The molecule has 26 heavy (non-hydrogen) atoms. The van der Waals surface area contributed by atoms with Crippen LogP contribution in [0, 0.1) is 0 Å². The zero-order valence-corrected chi connectivity index (χ0v) is 15.1. The Kier molecular flexibility index (Phi) is 4.70. The van der Waals surface area contributed by atoms with Gasteiger partial charge in [-0.2, -0.15) is 0 Å². The second-order valence-corrected chi connectivity index (χ2v) is 6.96. The van der Waals surface area contributed by atoms with E-state index >= 15 is 0 Å². The van der Waals surface area contributed by atoms with Crippen LogP contribution in [-0.2, 0) is 4.74 Å². The molecule has 1 saturated carbocycles. The second-order valence-electron chi connectivity index (χ2n) is 6.96. The minimum absolute atomic E-state index is 0.369. The van der Waals surface area contributed by atoms with Gasteiger partial charge in [-0.25, -0.2) is 9.78 Å². The van der Waals surface area contributed by atoms with E-state index in [1.54, 1.807) is 0 Å². The number of pyridine rings is 1. The first kappa shape index (κ1) is 16.8. The molecule has 0 amide bonds. The van der Waals surface area contributed by atoms with Crippen LogP contribution < -0.4 is 0 Å². The molecule has 3 heteroatoms. The largest absolute Gasteiger partial charge is 0.464 e. The van der Waals surface area contributed by atoms with Crippen LogP contribution in [0.1, 0.15) is 54.2 Å². The van der Waals surface area contributed by atoms with Crippen LogP contribution in [0.5, 0.6) is 0 Å². The molecule has 1 aliphatic carbocycles. The molecular formula is C23H23NO2. The number of aromatic nitrogens is 1. The Morgan fingerprint density at radius 3 is 2.27 bits per heavy atom. The standard InChI is InChI=1S/C23H23NO2/c1-26-23(25)22-20(16-10-4-2-5-11-16)18-14-8-9-15-19(18)21(24-22)17-12-6-3-7-13-17/h2,4-5,8-11,14-15,17H,3,6-7,12-13H2,1H3. The fourth-order valence-corrected chi connectivity index (χ4v) is 4.12. The van der Waals surface area contributed by atoms with Crippen LogP contribution in [0.15, 0.2) is 54.6 Å². The number of carbonyl (C=O) groups excluding carboxylic acids is 1. The van der Waals surface area contributed by atoms with E-state index in [0.29, 0.717) is 11.6 Å². The van der Waals surface area contributed by atoms with Gasteiger partial charge >= 0.3 is 5.97 Å². The lowest BCUT2D eigenvalue weighted by Crippen LogP contribution is -2.13. The normalized spacial score (nSPS) is 15.1. The van der Waals surface area contributed by atoms with E-state index in [1.165, 1.54) is 26.4 Å². The molecule has 1 fully saturated rings. The van der Waals surface area contributed by atoms with Gasteiger partial charge in [0.1, 0.15) is 0 Å². The van der Waals surface area contributed by atoms with Gasteiger partial charge in [0.05, 0.1) is 12.8 Å². The third kappa shape index (κ3) is 2.98. The summed E-state index contributed by atoms with van der Waals surface area (Å²) in [6.07, 6.45) is 6.04. The molecule has 0 unspecified atom stereocenters. The number of carbonyl (C=O) groups is 1. The molecular weight excluding hydrogens is 322 g/mol. The van der Waals surface area contributed by atoms with Crippen LogP contribution >= 0.6 is 0 Å². The van der Waals surface area contributed by atoms with E-state index < -0.39 is 0 Å². The first-order valence-corrected chi connectivity index (χ1v) is 9.36. The number of hydrogen-bond acceptors (Lipinski definition) is 3. The highest BCUT2D eigenvalue weighted by atomic mass is 16.5. The average molecular weight is 345 g/mol. The minimum Gasteiger partial charge on any atom is -0.464 e. The van der Waals surface area contributed by atoms with Crippen molar-refractivity contribution in [3.63, 3.8) is 0 Å². The molecule has 0 N–H and O–H groups in total. The fraction of sp³-hybridized carbons (Fsp3) is 0.304. The lowest BCUT2D eigenvalue weighted by Gasteiger charge is -2.24. The van der Waals surface area contributed by atoms with Crippen molar-refractivity contribution < 1.29 is 9.53 Å². The Hall–Kier alpha value is -2.68. The zero-order chi connectivity index (χ0) is 17.9. The highest BCUT2D eigenvalue weighted by Gasteiger charge is 2.25. The SMILES string of the molecule is COC(=O)c1nc(C2CCCCC2)c2ccccc2c1-c1ccccc1. The van der Waals surface area contributed by atoms with Crippen molar-refractivity contribution in [1.82, 2.24) is 4.98 Å². The Bertz CT molecular complexity index is 928. The smallest absolute Gasteiger partial charge is 0.357 e. The summed E-state index contributed by atoms with van der Waals surface area (Å²) in [6, 6.07) is 18.3. The van der Waals surface area contributed by atoms with E-state index in [1.807, 2.05) is 36.4 Å². The van der Waals surface area contributed by atoms with Gasteiger partial charge in [0.2, 0.25) is 0 Å². The molecule has 1 aliphatic rings. The number of fused-ring (bicyclic) bond motifs is 1. The molecule has 0 bridgehead atoms. The topological polar surface area (TPSA) is 39.2 Å². The second kappa shape index (κ2) is 7.28. The lowest BCUT2D eigenvalue weighted by atomic mass is 9.83. The first-order chi connectivity index (χ1) is 12.8. The number of nitrogens with zero attached hydrogens (tertiary/aromatic N) is 1. The maximum absolute atomic E-state index is 12.6. The summed E-state index contributed by atoms with van der Waals surface area (Å²) in [5.41, 5.74) is 3.35. The van der Waals surface area contributed by atoms with E-state index in [4.69, 9.17) is 9.72 Å². The van der Waals surface area contributed by atoms with Gasteiger partial charge in [0.15, 0.2) is 5.69 Å². The molecule has 2 aromatic carbocycles. The van der Waals surface area contributed by atoms with Crippen molar-refractivity contribution in [3.8, 4) is 11.1 Å². The molecule has 0 radical (unpaired) electrons. The average Bonchev–Trinajstić information content (AvgIpc) is 2.73. The summed E-state index contributed by atoms with van der Waals surface area (Å²) in [7, 11) is 1.42. The van der Waals surface area contributed by atoms with Gasteiger partial charge in [0.25, 0.3) is 0 Å². The third-order valence-electron chi connectivity index (χ3n) is 5.37. The molecule has 4 rings (SSSR count). The van der Waals surface area contributed by atoms with Crippen molar-refractivity contribution in [2.24, 2.45) is 0 Å². The van der Waals surface area contributed by atoms with Gasteiger partial charge in [0, 0.05) is 16.9 Å². The van der Waals surface area contributed by atoms with Crippen LogP contribution in [-0.4, -0.2) is 18.1 Å². The summed E-state index contributed by atoms with van der Waals surface area (Å²) >= 11 is 0. The van der Waals surface area contributed by atoms with Crippen molar-refractivity contribution in [3.05, 3.63) is 66.0 Å². The van der Waals surface area contributed by atoms with Gasteiger partial charge in [-0.1, -0.05) is 73.9 Å². The number of benzene rings is 2. The van der Waals surface area contributed by atoms with Crippen molar-refractivity contribution in [2.45, 2.75) is 38.0 Å². The van der Waals surface area contributed by atoms with Gasteiger partial charge < -0.3 is 4.74 Å². The molecule has 1 aromatic heterocycles. The summed E-state index contributed by atoms with van der Waals surface area (Å²) in [5.74, 6) is 0.0496. The number of rotatable bonds is 3. The van der Waals surface area contributed by atoms with Gasteiger partial charge in [-0.3, -0.25) is 0 Å². The molecule has 1 heterocycles. The fourth-order valence-electron chi connectivity index (χ4n) is 4.12. The maximum Gasteiger partial charge on any atom is 0.357 e. The number of esters is 1. The predicted octanol–water partition coefficient (Wildman–Crippen LogP) is 5.74. The Labute approximate surface area is 154 Å². The molecule has 0 aliphatic heterocycles. The third-order valence-corrected chi connectivity index (χ3v) is 5.37. The predicted molar refractivity (Wildman–Crippen MR) is 104 cm³/mol. The van der Waals surface area contributed by atoms with Crippen LogP contribution in [0.25, 0.3) is 21.9 Å². The van der Waals surface area contributed by atoms with E-state index in [2.05, 4.69) is 18.2 Å². The van der Waals surface area contributed by atoms with Crippen molar-refractivity contribution >= 4 is 16.7 Å². The van der Waals surface area contributed by atoms with Crippen LogP contribution in [0.3, 0.4) is 0 Å². The monoisotopic (exact) mass is 345 g/mol. The van der Waals surface area contributed by atoms with Gasteiger partial charge in [-0.05, 0) is 23.8 Å². The summed E-state index contributed by atoms with van der Waals surface area (Å²) < 4.78 is 5.09. The Morgan fingerprint density at radius 1 is 0.923 bits per heavy atom. The highest BCUT2D eigenvalue weighted by Crippen LogP contribution is 2.39. The molecule has 3 nitrogen and oxygen atoms in total. The van der Waals surface area contributed by atoms with E-state index in [0.717, 1.165) is 40.4 Å². The highest BCUT2D eigenvalue weighted by molar-refractivity contribution is 6.07.